The summed E-state index contributed by atoms with van der Waals surface area (Å²) in [5.74, 6) is -0.0494. The minimum Gasteiger partial charge on any atom is -0.322 e. The van der Waals surface area contributed by atoms with Crippen LogP contribution in [0.2, 0.25) is 0 Å². The van der Waals surface area contributed by atoms with Crippen molar-refractivity contribution in [3.8, 4) is 0 Å². The number of carbonyl (C=O) groups is 1. The number of thiophene rings is 1. The summed E-state index contributed by atoms with van der Waals surface area (Å²) in [7, 11) is 0. The number of aryl methyl sites for hydroxylation is 3. The van der Waals surface area contributed by atoms with E-state index in [9.17, 15) is 4.79 Å². The molecule has 0 saturated heterocycles. The first kappa shape index (κ1) is 24.6. The van der Waals surface area contributed by atoms with Gasteiger partial charge in [0.25, 0.3) is 5.91 Å². The topological polar surface area (TPSA) is 41.5 Å². The van der Waals surface area contributed by atoms with Gasteiger partial charge in [-0.05, 0) is 89.9 Å². The number of aliphatic imine (C=N–C) groups is 1. The van der Waals surface area contributed by atoms with Gasteiger partial charge in [-0.15, -0.1) is 11.3 Å². The Balaban J connectivity index is 1.48. The molecule has 1 aliphatic rings. The molecular weight excluding hydrogens is 484 g/mol. The molecule has 1 heterocycles. The van der Waals surface area contributed by atoms with Crippen LogP contribution >= 0.6 is 11.3 Å². The van der Waals surface area contributed by atoms with Crippen molar-refractivity contribution in [2.75, 3.05) is 5.32 Å². The Hall–Kier alpha value is -3.76. The van der Waals surface area contributed by atoms with Gasteiger partial charge in [-0.3, -0.25) is 4.79 Å². The number of amides is 1. The predicted molar refractivity (Wildman–Crippen MR) is 163 cm³/mol. The number of rotatable bonds is 4. The highest BCUT2D eigenvalue weighted by Gasteiger charge is 2.24. The van der Waals surface area contributed by atoms with Crippen LogP contribution in [-0.2, 0) is 12.8 Å². The van der Waals surface area contributed by atoms with Crippen LogP contribution in [0.15, 0.2) is 77.8 Å². The highest BCUT2D eigenvalue weighted by atomic mass is 32.1. The lowest BCUT2D eigenvalue weighted by atomic mass is 9.96. The van der Waals surface area contributed by atoms with E-state index >= 15 is 0 Å². The third kappa shape index (κ3) is 4.77. The van der Waals surface area contributed by atoms with Gasteiger partial charge < -0.3 is 5.32 Å². The molecule has 0 aliphatic heterocycles. The van der Waals surface area contributed by atoms with Crippen LogP contribution in [0.1, 0.15) is 63.2 Å². The van der Waals surface area contributed by atoms with E-state index in [-0.39, 0.29) is 5.91 Å². The molecule has 0 fully saturated rings. The number of carbonyl (C=O) groups excluding carboxylic acids is 1. The maximum atomic E-state index is 13.9. The van der Waals surface area contributed by atoms with Crippen molar-refractivity contribution in [1.82, 2.24) is 0 Å². The quantitative estimate of drug-likeness (QED) is 0.188. The van der Waals surface area contributed by atoms with Gasteiger partial charge in [-0.1, -0.05) is 73.5 Å². The summed E-state index contributed by atoms with van der Waals surface area (Å²) in [6.45, 7) is 4.09. The molecule has 1 aliphatic carbocycles. The van der Waals surface area contributed by atoms with E-state index in [0.29, 0.717) is 0 Å². The lowest BCUT2D eigenvalue weighted by Crippen LogP contribution is -2.15. The highest BCUT2D eigenvalue weighted by Crippen LogP contribution is 2.40. The standard InChI is InChI=1S/C34H32N2OS/c1-22-17-18-23(2)30(19-22)36-33(37)32-28-15-5-3-4-6-16-31(28)38-34(32)35-21-29-26-13-9-7-11-24(26)20-25-12-8-10-14-27(25)29/h7-14,17-21H,3-6,15-16H2,1-2H3,(H,36,37). The van der Waals surface area contributed by atoms with Crippen LogP contribution in [0.3, 0.4) is 0 Å². The van der Waals surface area contributed by atoms with Crippen molar-refractivity contribution >= 4 is 55.7 Å². The monoisotopic (exact) mass is 516 g/mol. The average molecular weight is 517 g/mol. The molecule has 4 heteroatoms. The van der Waals surface area contributed by atoms with Gasteiger partial charge >= 0.3 is 0 Å². The smallest absolute Gasteiger partial charge is 0.259 e. The summed E-state index contributed by atoms with van der Waals surface area (Å²) in [6, 6.07) is 25.4. The van der Waals surface area contributed by atoms with Gasteiger partial charge in [-0.25, -0.2) is 4.99 Å². The number of hydrogen-bond acceptors (Lipinski definition) is 3. The molecule has 6 rings (SSSR count). The SMILES string of the molecule is Cc1ccc(C)c(NC(=O)c2c(N=Cc3c4ccccc4cc4ccccc34)sc3c2CCCCCC3)c1. The number of fused-ring (bicyclic) bond motifs is 3. The lowest BCUT2D eigenvalue weighted by Gasteiger charge is -2.13. The van der Waals surface area contributed by atoms with E-state index in [1.54, 1.807) is 11.3 Å². The molecule has 1 N–H and O–H groups in total. The van der Waals surface area contributed by atoms with E-state index in [1.165, 1.54) is 51.2 Å². The summed E-state index contributed by atoms with van der Waals surface area (Å²) < 4.78 is 0. The zero-order valence-electron chi connectivity index (χ0n) is 22.0. The summed E-state index contributed by atoms with van der Waals surface area (Å²) in [5, 5.41) is 8.78. The summed E-state index contributed by atoms with van der Waals surface area (Å²) in [5.41, 5.74) is 6.12. The Kier molecular flexibility index (Phi) is 6.82. The van der Waals surface area contributed by atoms with E-state index in [4.69, 9.17) is 4.99 Å². The Labute approximate surface area is 228 Å². The Bertz CT molecular complexity index is 1640. The van der Waals surface area contributed by atoms with Crippen molar-refractivity contribution < 1.29 is 4.79 Å². The first-order chi connectivity index (χ1) is 18.6. The molecule has 38 heavy (non-hydrogen) atoms. The van der Waals surface area contributed by atoms with Gasteiger partial charge in [0.05, 0.1) is 5.56 Å². The molecule has 190 valence electrons. The zero-order chi connectivity index (χ0) is 26.1. The number of hydrogen-bond donors (Lipinski definition) is 1. The molecule has 1 amide bonds. The van der Waals surface area contributed by atoms with E-state index in [2.05, 4.69) is 85.0 Å². The summed E-state index contributed by atoms with van der Waals surface area (Å²) in [6.07, 6.45) is 8.70. The van der Waals surface area contributed by atoms with E-state index < -0.39 is 0 Å². The average Bonchev–Trinajstić information content (AvgIpc) is 3.24. The third-order valence-electron chi connectivity index (χ3n) is 7.64. The van der Waals surface area contributed by atoms with Gasteiger partial charge in [0.15, 0.2) is 0 Å². The largest absolute Gasteiger partial charge is 0.322 e. The number of nitrogens with zero attached hydrogens (tertiary/aromatic N) is 1. The lowest BCUT2D eigenvalue weighted by molar-refractivity contribution is 0.102. The fraction of sp³-hybridized carbons (Fsp3) is 0.235. The molecule has 0 radical (unpaired) electrons. The van der Waals surface area contributed by atoms with Gasteiger partial charge in [0, 0.05) is 22.3 Å². The molecule has 0 unspecified atom stereocenters. The van der Waals surface area contributed by atoms with Gasteiger partial charge in [0.1, 0.15) is 5.00 Å². The normalized spacial score (nSPS) is 13.9. The fourth-order valence-electron chi connectivity index (χ4n) is 5.60. The molecule has 0 bridgehead atoms. The number of anilines is 1. The number of nitrogens with one attached hydrogen (secondary N) is 1. The van der Waals surface area contributed by atoms with Crippen LogP contribution in [0.5, 0.6) is 0 Å². The van der Waals surface area contributed by atoms with Crippen molar-refractivity contribution in [1.29, 1.82) is 0 Å². The maximum absolute atomic E-state index is 13.9. The zero-order valence-corrected chi connectivity index (χ0v) is 22.8. The highest BCUT2D eigenvalue weighted by molar-refractivity contribution is 7.16. The van der Waals surface area contributed by atoms with Crippen LogP contribution in [-0.4, -0.2) is 12.1 Å². The predicted octanol–water partition coefficient (Wildman–Crippen LogP) is 9.33. The van der Waals surface area contributed by atoms with Crippen molar-refractivity contribution in [2.24, 2.45) is 4.99 Å². The minimum atomic E-state index is -0.0494. The minimum absolute atomic E-state index is 0.0494. The fourth-order valence-corrected chi connectivity index (χ4v) is 6.83. The first-order valence-corrected chi connectivity index (χ1v) is 14.4. The summed E-state index contributed by atoms with van der Waals surface area (Å²) >= 11 is 1.70. The van der Waals surface area contributed by atoms with Crippen molar-refractivity contribution in [3.05, 3.63) is 105 Å². The molecule has 0 spiro atoms. The van der Waals surface area contributed by atoms with Crippen LogP contribution in [0.25, 0.3) is 21.5 Å². The number of benzene rings is 4. The maximum Gasteiger partial charge on any atom is 0.259 e. The molecular formula is C34H32N2OS. The molecule has 5 aromatic rings. The molecule has 0 atom stereocenters. The molecule has 1 aromatic heterocycles. The van der Waals surface area contributed by atoms with Gasteiger partial charge in [0.2, 0.25) is 0 Å². The van der Waals surface area contributed by atoms with Crippen molar-refractivity contribution in [3.63, 3.8) is 0 Å². The molecule has 3 nitrogen and oxygen atoms in total. The Morgan fingerprint density at radius 2 is 1.53 bits per heavy atom. The molecule has 0 saturated carbocycles. The van der Waals surface area contributed by atoms with Crippen LogP contribution in [0.4, 0.5) is 10.7 Å². The summed E-state index contributed by atoms with van der Waals surface area (Å²) in [4.78, 5) is 20.3. The Morgan fingerprint density at radius 3 is 2.26 bits per heavy atom. The molecule has 4 aromatic carbocycles. The van der Waals surface area contributed by atoms with Crippen molar-refractivity contribution in [2.45, 2.75) is 52.4 Å². The second kappa shape index (κ2) is 10.5. The van der Waals surface area contributed by atoms with Gasteiger partial charge in [-0.2, -0.15) is 0 Å². The van der Waals surface area contributed by atoms with E-state index in [1.807, 2.05) is 13.1 Å². The Morgan fingerprint density at radius 1 is 0.842 bits per heavy atom. The first-order valence-electron chi connectivity index (χ1n) is 13.6. The third-order valence-corrected chi connectivity index (χ3v) is 8.84. The second-order valence-electron chi connectivity index (χ2n) is 10.4. The van der Waals surface area contributed by atoms with Crippen LogP contribution in [0, 0.1) is 13.8 Å². The van der Waals surface area contributed by atoms with Crippen LogP contribution < -0.4 is 5.32 Å². The second-order valence-corrected chi connectivity index (χ2v) is 11.4. The van der Waals surface area contributed by atoms with E-state index in [0.717, 1.165) is 52.2 Å².